The fourth-order valence-corrected chi connectivity index (χ4v) is 3.27. The van der Waals surface area contributed by atoms with E-state index < -0.39 is 66.4 Å². The van der Waals surface area contributed by atoms with Crippen molar-refractivity contribution in [2.24, 2.45) is 5.73 Å². The van der Waals surface area contributed by atoms with Crippen LogP contribution in [0.3, 0.4) is 0 Å². The Hall–Kier alpha value is -3.97. The largest absolute Gasteiger partial charge is 0.481 e. The summed E-state index contributed by atoms with van der Waals surface area (Å²) in [7, 11) is 0. The van der Waals surface area contributed by atoms with E-state index in [1.54, 1.807) is 30.5 Å². The molecule has 13 nitrogen and oxygen atoms in total. The summed E-state index contributed by atoms with van der Waals surface area (Å²) in [6, 6.07) is 1.63. The number of aromatic nitrogens is 1. The summed E-state index contributed by atoms with van der Waals surface area (Å²) in [6.07, 6.45) is -0.486. The number of aliphatic carboxylic acids is 2. The van der Waals surface area contributed by atoms with Gasteiger partial charge in [-0.05, 0) is 25.5 Å². The van der Waals surface area contributed by atoms with Crippen LogP contribution in [0.2, 0.25) is 0 Å². The normalized spacial score (nSPS) is 15.3. The molecule has 0 saturated carbocycles. The molecule has 35 heavy (non-hydrogen) atoms. The molecule has 190 valence electrons. The third-order valence-corrected chi connectivity index (χ3v) is 5.30. The number of carbonyl (C=O) groups excluding carboxylic acids is 3. The molecule has 0 aliphatic carbocycles. The van der Waals surface area contributed by atoms with Gasteiger partial charge in [0.25, 0.3) is 0 Å². The lowest BCUT2D eigenvalue weighted by atomic mass is 10.0. The van der Waals surface area contributed by atoms with Gasteiger partial charge in [0.15, 0.2) is 0 Å². The predicted molar refractivity (Wildman–Crippen MR) is 123 cm³/mol. The number of aromatic amines is 1. The first-order valence-corrected chi connectivity index (χ1v) is 10.7. The standard InChI is InChI=1S/C22H29N5O8/c1-10(25-21(33)18(23)11(2)28)19(31)26-15(8-17(29)30)20(32)27-16(22(34)35)7-12-9-24-14-6-4-3-5-13(12)14/h3-6,9-11,15-16,18,24,28H,7-8,23H2,1-2H3,(H,25,33)(H,26,31)(H,27,32)(H,29,30)(H,34,35). The molecule has 2 aromatic rings. The van der Waals surface area contributed by atoms with Gasteiger partial charge in [-0.25, -0.2) is 4.79 Å². The van der Waals surface area contributed by atoms with Crippen molar-refractivity contribution in [1.82, 2.24) is 20.9 Å². The molecule has 0 aliphatic heterocycles. The predicted octanol–water partition coefficient (Wildman–Crippen LogP) is -1.55. The zero-order chi connectivity index (χ0) is 26.3. The number of aliphatic hydroxyl groups excluding tert-OH is 1. The number of rotatable bonds is 12. The van der Waals surface area contributed by atoms with Crippen molar-refractivity contribution >= 4 is 40.6 Å². The second kappa shape index (κ2) is 11.9. The van der Waals surface area contributed by atoms with E-state index in [0.29, 0.717) is 5.56 Å². The Morgan fingerprint density at radius 3 is 2.17 bits per heavy atom. The number of carboxylic acid groups (broad SMARTS) is 2. The first kappa shape index (κ1) is 27.3. The van der Waals surface area contributed by atoms with Crippen LogP contribution < -0.4 is 21.7 Å². The summed E-state index contributed by atoms with van der Waals surface area (Å²) < 4.78 is 0. The fourth-order valence-electron chi connectivity index (χ4n) is 3.27. The highest BCUT2D eigenvalue weighted by Gasteiger charge is 2.31. The monoisotopic (exact) mass is 491 g/mol. The number of H-pyrrole nitrogens is 1. The van der Waals surface area contributed by atoms with E-state index in [0.717, 1.165) is 10.9 Å². The number of nitrogens with two attached hydrogens (primary N) is 1. The van der Waals surface area contributed by atoms with Gasteiger partial charge in [-0.1, -0.05) is 18.2 Å². The number of hydrogen-bond donors (Lipinski definition) is 8. The Morgan fingerprint density at radius 2 is 1.57 bits per heavy atom. The molecule has 0 aliphatic rings. The molecule has 0 saturated heterocycles. The van der Waals surface area contributed by atoms with Crippen molar-refractivity contribution in [3.63, 3.8) is 0 Å². The topological polar surface area (TPSA) is 224 Å². The minimum atomic E-state index is -1.62. The first-order valence-electron chi connectivity index (χ1n) is 10.7. The molecule has 1 aromatic heterocycles. The van der Waals surface area contributed by atoms with Gasteiger partial charge in [0.05, 0.1) is 12.5 Å². The van der Waals surface area contributed by atoms with Crippen molar-refractivity contribution in [2.45, 2.75) is 57.0 Å². The zero-order valence-electron chi connectivity index (χ0n) is 19.1. The van der Waals surface area contributed by atoms with E-state index in [1.165, 1.54) is 13.8 Å². The molecule has 13 heteroatoms. The van der Waals surface area contributed by atoms with Gasteiger partial charge >= 0.3 is 11.9 Å². The van der Waals surface area contributed by atoms with E-state index in [1.807, 2.05) is 0 Å². The lowest BCUT2D eigenvalue weighted by molar-refractivity contribution is -0.143. The van der Waals surface area contributed by atoms with Gasteiger partial charge in [-0.2, -0.15) is 0 Å². The highest BCUT2D eigenvalue weighted by Crippen LogP contribution is 2.19. The molecule has 2 rings (SSSR count). The summed E-state index contributed by atoms with van der Waals surface area (Å²) >= 11 is 0. The lowest BCUT2D eigenvalue weighted by Gasteiger charge is -2.23. The van der Waals surface area contributed by atoms with Gasteiger partial charge in [-0.3, -0.25) is 19.2 Å². The second-order valence-electron chi connectivity index (χ2n) is 8.12. The van der Waals surface area contributed by atoms with Crippen LogP contribution in [0, 0.1) is 0 Å². The number of amides is 3. The number of aliphatic hydroxyl groups is 1. The number of carboxylic acids is 2. The molecule has 9 N–H and O–H groups in total. The summed E-state index contributed by atoms with van der Waals surface area (Å²) in [5, 5.41) is 35.7. The molecule has 1 heterocycles. The minimum absolute atomic E-state index is 0.0947. The summed E-state index contributed by atoms with van der Waals surface area (Å²) in [6.45, 7) is 2.56. The Balaban J connectivity index is 2.10. The SMILES string of the molecule is CC(NC(=O)C(N)C(C)O)C(=O)NC(CC(=O)O)C(=O)NC(Cc1c[nH]c2ccccc12)C(=O)O. The number of para-hydroxylation sites is 1. The minimum Gasteiger partial charge on any atom is -0.481 e. The van der Waals surface area contributed by atoms with Crippen LogP contribution in [0.25, 0.3) is 10.9 Å². The van der Waals surface area contributed by atoms with E-state index in [9.17, 15) is 34.2 Å². The quantitative estimate of drug-likeness (QED) is 0.172. The van der Waals surface area contributed by atoms with Crippen molar-refractivity contribution in [3.8, 4) is 0 Å². The molecule has 0 spiro atoms. The fraction of sp³-hybridized carbons (Fsp3) is 0.409. The third-order valence-electron chi connectivity index (χ3n) is 5.30. The van der Waals surface area contributed by atoms with Crippen LogP contribution in [0.4, 0.5) is 0 Å². The third kappa shape index (κ3) is 7.52. The van der Waals surface area contributed by atoms with Crippen molar-refractivity contribution in [3.05, 3.63) is 36.0 Å². The number of carbonyl (C=O) groups is 5. The van der Waals surface area contributed by atoms with Crippen LogP contribution in [0.15, 0.2) is 30.5 Å². The van der Waals surface area contributed by atoms with Crippen molar-refractivity contribution in [1.29, 1.82) is 0 Å². The average molecular weight is 492 g/mol. The van der Waals surface area contributed by atoms with E-state index in [4.69, 9.17) is 10.8 Å². The summed E-state index contributed by atoms with van der Waals surface area (Å²) in [5.74, 6) is -5.52. The molecule has 1 aromatic carbocycles. The Kier molecular flexibility index (Phi) is 9.31. The number of hydrogen-bond acceptors (Lipinski definition) is 7. The maximum Gasteiger partial charge on any atom is 0.326 e. The molecule has 0 bridgehead atoms. The molecule has 5 unspecified atom stereocenters. The highest BCUT2D eigenvalue weighted by molar-refractivity contribution is 5.95. The Bertz CT molecular complexity index is 1100. The summed E-state index contributed by atoms with van der Waals surface area (Å²) in [5.41, 5.74) is 6.90. The second-order valence-corrected chi connectivity index (χ2v) is 8.12. The van der Waals surface area contributed by atoms with Crippen molar-refractivity contribution < 1.29 is 39.3 Å². The van der Waals surface area contributed by atoms with E-state index >= 15 is 0 Å². The number of fused-ring (bicyclic) bond motifs is 1. The van der Waals surface area contributed by atoms with Gasteiger partial charge in [0.1, 0.15) is 24.2 Å². The number of nitrogens with one attached hydrogen (secondary N) is 4. The molecule has 0 fully saturated rings. The van der Waals surface area contributed by atoms with Crippen LogP contribution >= 0.6 is 0 Å². The van der Waals surface area contributed by atoms with Crippen LogP contribution in [0.1, 0.15) is 25.8 Å². The van der Waals surface area contributed by atoms with Crippen molar-refractivity contribution in [2.75, 3.05) is 0 Å². The molecule has 3 amide bonds. The lowest BCUT2D eigenvalue weighted by Crippen LogP contribution is -2.57. The molecule has 5 atom stereocenters. The Morgan fingerprint density at radius 1 is 0.943 bits per heavy atom. The van der Waals surface area contributed by atoms with E-state index in [2.05, 4.69) is 20.9 Å². The van der Waals surface area contributed by atoms with Gasteiger partial charge in [0, 0.05) is 23.5 Å². The van der Waals surface area contributed by atoms with Crippen LogP contribution in [-0.4, -0.2) is 80.2 Å². The maximum atomic E-state index is 12.8. The molecular weight excluding hydrogens is 462 g/mol. The van der Waals surface area contributed by atoms with Crippen LogP contribution in [-0.2, 0) is 30.4 Å². The highest BCUT2D eigenvalue weighted by atomic mass is 16.4. The van der Waals surface area contributed by atoms with Gasteiger partial charge in [0.2, 0.25) is 17.7 Å². The molecular formula is C22H29N5O8. The van der Waals surface area contributed by atoms with E-state index in [-0.39, 0.29) is 6.42 Å². The zero-order valence-corrected chi connectivity index (χ0v) is 19.1. The average Bonchev–Trinajstić information content (AvgIpc) is 3.19. The first-order chi connectivity index (χ1) is 16.4. The smallest absolute Gasteiger partial charge is 0.326 e. The summed E-state index contributed by atoms with van der Waals surface area (Å²) in [4.78, 5) is 63.2. The van der Waals surface area contributed by atoms with Gasteiger partial charge in [-0.15, -0.1) is 0 Å². The van der Waals surface area contributed by atoms with Gasteiger partial charge < -0.3 is 42.0 Å². The molecule has 0 radical (unpaired) electrons. The maximum absolute atomic E-state index is 12.8. The Labute approximate surface area is 200 Å². The number of benzene rings is 1. The van der Waals surface area contributed by atoms with Crippen LogP contribution in [0.5, 0.6) is 0 Å².